The van der Waals surface area contributed by atoms with E-state index in [1.165, 1.54) is 21.1 Å². The summed E-state index contributed by atoms with van der Waals surface area (Å²) in [5.41, 5.74) is 1.33. The third-order valence-electron chi connectivity index (χ3n) is 4.84. The fourth-order valence-electron chi connectivity index (χ4n) is 2.80. The summed E-state index contributed by atoms with van der Waals surface area (Å²) in [6.45, 7) is 5.89. The van der Waals surface area contributed by atoms with E-state index in [-0.39, 0.29) is 23.5 Å². The molecule has 0 aromatic heterocycles. The fourth-order valence-corrected chi connectivity index (χ4v) is 3.32. The molecule has 0 heterocycles. The van der Waals surface area contributed by atoms with Crippen molar-refractivity contribution in [1.82, 2.24) is 4.90 Å². The molecule has 7 nitrogen and oxygen atoms in total. The number of carbonyl (C=O) groups is 1. The van der Waals surface area contributed by atoms with Crippen LogP contribution in [0.15, 0.2) is 42.5 Å². The van der Waals surface area contributed by atoms with Crippen LogP contribution in [0.3, 0.4) is 0 Å². The van der Waals surface area contributed by atoms with Crippen LogP contribution < -0.4 is 13.7 Å². The highest BCUT2D eigenvalue weighted by atomic mass is 32.2. The van der Waals surface area contributed by atoms with Crippen LogP contribution in [-0.2, 0) is 16.7 Å². The molecule has 8 heteroatoms. The first kappa shape index (κ1) is 23.5. The summed E-state index contributed by atoms with van der Waals surface area (Å²) in [6, 6.07) is 11.8. The Morgan fingerprint density at radius 2 is 1.53 bits per heavy atom. The third-order valence-corrected chi connectivity index (χ3v) is 5.99. The molecule has 164 valence electrons. The number of carbonyl (C=O) groups excluding carboxylic acids is 1. The number of amides is 1. The first-order valence-electron chi connectivity index (χ1n) is 9.78. The molecule has 0 bridgehead atoms. The number of benzene rings is 2. The van der Waals surface area contributed by atoms with Crippen molar-refractivity contribution < 1.29 is 26.9 Å². The van der Waals surface area contributed by atoms with Gasteiger partial charge < -0.3 is 18.6 Å². The summed E-state index contributed by atoms with van der Waals surface area (Å²) < 4.78 is 38.8. The third kappa shape index (κ3) is 6.13. The largest absolute Gasteiger partial charge is 0.497 e. The van der Waals surface area contributed by atoms with E-state index in [9.17, 15) is 13.2 Å². The second kappa shape index (κ2) is 10.3. The second-order valence-corrected chi connectivity index (χ2v) is 8.72. The van der Waals surface area contributed by atoms with E-state index >= 15 is 0 Å². The summed E-state index contributed by atoms with van der Waals surface area (Å²) in [5.74, 6) is 1.09. The van der Waals surface area contributed by atoms with Gasteiger partial charge in [0.2, 0.25) is 0 Å². The predicted molar refractivity (Wildman–Crippen MR) is 116 cm³/mol. The van der Waals surface area contributed by atoms with Gasteiger partial charge in [0.1, 0.15) is 17.2 Å². The molecule has 0 aliphatic rings. The molecule has 0 saturated heterocycles. The van der Waals surface area contributed by atoms with Crippen LogP contribution in [0.25, 0.3) is 0 Å². The number of hydrogen-bond donors (Lipinski definition) is 0. The highest BCUT2D eigenvalue weighted by Gasteiger charge is 2.22. The fraction of sp³-hybridized carbons (Fsp3) is 0.409. The minimum atomic E-state index is -3.58. The van der Waals surface area contributed by atoms with Gasteiger partial charge in [0.15, 0.2) is 0 Å². The van der Waals surface area contributed by atoms with Crippen molar-refractivity contribution in [3.05, 3.63) is 53.6 Å². The minimum Gasteiger partial charge on any atom is -0.497 e. The molecule has 0 fully saturated rings. The van der Waals surface area contributed by atoms with Gasteiger partial charge in [0.05, 0.1) is 20.0 Å². The monoisotopic (exact) mass is 435 g/mol. The Balaban J connectivity index is 2.27. The van der Waals surface area contributed by atoms with Crippen molar-refractivity contribution in [1.29, 1.82) is 0 Å². The second-order valence-electron chi connectivity index (χ2n) is 6.87. The number of hydrogen-bond acceptors (Lipinski definition) is 6. The molecule has 0 N–H and O–H groups in total. The summed E-state index contributed by atoms with van der Waals surface area (Å²) >= 11 is 0. The highest BCUT2D eigenvalue weighted by Crippen LogP contribution is 2.25. The van der Waals surface area contributed by atoms with Crippen molar-refractivity contribution in [2.75, 3.05) is 20.0 Å². The molecular weight excluding hydrogens is 406 g/mol. The molecule has 1 atom stereocenters. The van der Waals surface area contributed by atoms with E-state index in [1.54, 1.807) is 47.4 Å². The van der Waals surface area contributed by atoms with Gasteiger partial charge in [-0.2, -0.15) is 8.42 Å². The number of rotatable bonds is 10. The van der Waals surface area contributed by atoms with E-state index in [0.717, 1.165) is 12.0 Å². The molecule has 30 heavy (non-hydrogen) atoms. The van der Waals surface area contributed by atoms with Crippen LogP contribution in [0.2, 0.25) is 0 Å². The predicted octanol–water partition coefficient (Wildman–Crippen LogP) is 3.87. The zero-order valence-corrected chi connectivity index (χ0v) is 18.9. The summed E-state index contributed by atoms with van der Waals surface area (Å²) in [5, 5.41) is 0. The molecule has 2 aromatic rings. The van der Waals surface area contributed by atoms with Crippen molar-refractivity contribution >= 4 is 16.0 Å². The van der Waals surface area contributed by atoms with Crippen LogP contribution in [0.5, 0.6) is 17.2 Å². The number of nitrogens with zero attached hydrogens (tertiary/aromatic N) is 1. The van der Waals surface area contributed by atoms with Crippen molar-refractivity contribution in [2.24, 2.45) is 0 Å². The Morgan fingerprint density at radius 1 is 0.967 bits per heavy atom. The first-order valence-corrected chi connectivity index (χ1v) is 11.4. The maximum atomic E-state index is 13.3. The van der Waals surface area contributed by atoms with Crippen molar-refractivity contribution in [3.63, 3.8) is 0 Å². The maximum absolute atomic E-state index is 13.3. The summed E-state index contributed by atoms with van der Waals surface area (Å²) in [4.78, 5) is 15.1. The Morgan fingerprint density at radius 3 is 2.00 bits per heavy atom. The standard InChI is InChI=1S/C22H29NO6S/c1-6-16(3)23(22(24)18-12-20(27-4)14-21(13-18)28-5)15-17-8-10-19(11-9-17)29-30(25,26)7-2/h8-14,16H,6-7,15H2,1-5H3. The molecule has 0 spiro atoms. The van der Waals surface area contributed by atoms with Crippen LogP contribution in [0, 0.1) is 0 Å². The van der Waals surface area contributed by atoms with Gasteiger partial charge in [0.25, 0.3) is 5.91 Å². The lowest BCUT2D eigenvalue weighted by Crippen LogP contribution is -2.37. The lowest BCUT2D eigenvalue weighted by Gasteiger charge is -2.29. The zero-order chi connectivity index (χ0) is 22.3. The van der Waals surface area contributed by atoms with E-state index in [4.69, 9.17) is 13.7 Å². The number of ether oxygens (including phenoxy) is 2. The molecule has 0 aliphatic heterocycles. The quantitative estimate of drug-likeness (QED) is 0.527. The van der Waals surface area contributed by atoms with Crippen molar-refractivity contribution in [3.8, 4) is 17.2 Å². The highest BCUT2D eigenvalue weighted by molar-refractivity contribution is 7.87. The Hall–Kier alpha value is -2.74. The van der Waals surface area contributed by atoms with Gasteiger partial charge in [0, 0.05) is 24.2 Å². The minimum absolute atomic E-state index is 0.00825. The Kier molecular flexibility index (Phi) is 8.11. The van der Waals surface area contributed by atoms with Gasteiger partial charge in [-0.15, -0.1) is 0 Å². The van der Waals surface area contributed by atoms with Crippen LogP contribution in [0.4, 0.5) is 0 Å². The SMILES string of the molecule is CCC(C)N(Cc1ccc(OS(=O)(=O)CC)cc1)C(=O)c1cc(OC)cc(OC)c1. The smallest absolute Gasteiger partial charge is 0.308 e. The zero-order valence-electron chi connectivity index (χ0n) is 18.0. The Bertz CT molecular complexity index is 934. The molecule has 0 aliphatic carbocycles. The van der Waals surface area contributed by atoms with Gasteiger partial charge >= 0.3 is 10.1 Å². The van der Waals surface area contributed by atoms with Gasteiger partial charge in [-0.3, -0.25) is 4.79 Å². The average Bonchev–Trinajstić information content (AvgIpc) is 2.76. The molecular formula is C22H29NO6S. The lowest BCUT2D eigenvalue weighted by molar-refractivity contribution is 0.0671. The van der Waals surface area contributed by atoms with Crippen LogP contribution in [0.1, 0.15) is 43.1 Å². The average molecular weight is 436 g/mol. The van der Waals surface area contributed by atoms with Gasteiger partial charge in [-0.05, 0) is 50.1 Å². The normalized spacial score (nSPS) is 12.2. The van der Waals surface area contributed by atoms with Gasteiger partial charge in [-0.25, -0.2) is 0 Å². The molecule has 2 rings (SSSR count). The first-order chi connectivity index (χ1) is 14.2. The molecule has 1 amide bonds. The van der Waals surface area contributed by atoms with E-state index < -0.39 is 10.1 Å². The number of methoxy groups -OCH3 is 2. The van der Waals surface area contributed by atoms with Crippen molar-refractivity contribution in [2.45, 2.75) is 39.8 Å². The van der Waals surface area contributed by atoms with E-state index in [0.29, 0.717) is 23.6 Å². The Labute approximate surface area is 178 Å². The molecule has 0 saturated carbocycles. The van der Waals surface area contributed by atoms with Gasteiger partial charge in [-0.1, -0.05) is 19.1 Å². The van der Waals surface area contributed by atoms with E-state index in [1.807, 2.05) is 13.8 Å². The maximum Gasteiger partial charge on any atom is 0.308 e. The van der Waals surface area contributed by atoms with E-state index in [2.05, 4.69) is 0 Å². The van der Waals surface area contributed by atoms with Crippen LogP contribution in [-0.4, -0.2) is 45.2 Å². The lowest BCUT2D eigenvalue weighted by atomic mass is 10.1. The summed E-state index contributed by atoms with van der Waals surface area (Å²) in [6.07, 6.45) is 0.781. The topological polar surface area (TPSA) is 82.1 Å². The summed E-state index contributed by atoms with van der Waals surface area (Å²) in [7, 11) is -0.498. The molecule has 1 unspecified atom stereocenters. The molecule has 0 radical (unpaired) electrons. The van der Waals surface area contributed by atoms with Crippen LogP contribution >= 0.6 is 0 Å². The molecule has 2 aromatic carbocycles.